The average molecular weight is 209 g/mol. The Labute approximate surface area is 70.6 Å². The van der Waals surface area contributed by atoms with E-state index in [0.29, 0.717) is 0 Å². The molecule has 0 aromatic rings. The van der Waals surface area contributed by atoms with Gasteiger partial charge in [-0.3, -0.25) is 0 Å². The summed E-state index contributed by atoms with van der Waals surface area (Å²) in [6, 6.07) is 0. The number of sulfone groups is 2. The van der Waals surface area contributed by atoms with E-state index in [2.05, 4.69) is 4.99 Å². The standard InChI is InChI=1S/C5H7NO4S2/c1-11(7,8)4-5-6-2-3-12(5,9)10/h2-3H,4H2,1H3. The van der Waals surface area contributed by atoms with E-state index >= 15 is 0 Å². The number of rotatable bonds is 2. The Morgan fingerprint density at radius 1 is 1.50 bits per heavy atom. The Bertz CT molecular complexity index is 440. The van der Waals surface area contributed by atoms with Gasteiger partial charge in [-0.1, -0.05) is 0 Å². The maximum absolute atomic E-state index is 11.0. The fourth-order valence-corrected chi connectivity index (χ4v) is 3.10. The molecule has 0 spiro atoms. The van der Waals surface area contributed by atoms with Crippen molar-refractivity contribution in [2.24, 2.45) is 4.99 Å². The summed E-state index contributed by atoms with van der Waals surface area (Å²) in [6.07, 6.45) is 2.04. The van der Waals surface area contributed by atoms with Crippen LogP contribution < -0.4 is 0 Å². The SMILES string of the molecule is CS(=O)(=O)CC1=NC=CS1(=O)=O. The molecule has 0 fully saturated rings. The van der Waals surface area contributed by atoms with Gasteiger partial charge in [-0.25, -0.2) is 21.8 Å². The molecule has 0 unspecified atom stereocenters. The number of hydrogen-bond donors (Lipinski definition) is 0. The van der Waals surface area contributed by atoms with Crippen LogP contribution in [0.1, 0.15) is 0 Å². The molecule has 0 aromatic heterocycles. The molecule has 0 N–H and O–H groups in total. The summed E-state index contributed by atoms with van der Waals surface area (Å²) in [5.74, 6) is -0.525. The van der Waals surface area contributed by atoms with Crippen molar-refractivity contribution in [2.75, 3.05) is 12.0 Å². The van der Waals surface area contributed by atoms with Crippen molar-refractivity contribution >= 4 is 24.7 Å². The largest absolute Gasteiger partial charge is 0.247 e. The molecule has 0 bridgehead atoms. The molecule has 1 rings (SSSR count). The minimum Gasteiger partial charge on any atom is -0.247 e. The highest BCUT2D eigenvalue weighted by Crippen LogP contribution is 2.07. The predicted molar refractivity (Wildman–Crippen MR) is 45.2 cm³/mol. The van der Waals surface area contributed by atoms with Gasteiger partial charge in [0.1, 0.15) is 5.75 Å². The van der Waals surface area contributed by atoms with Crippen molar-refractivity contribution < 1.29 is 16.8 Å². The maximum atomic E-state index is 11.0. The number of hydrogen-bond acceptors (Lipinski definition) is 5. The quantitative estimate of drug-likeness (QED) is 0.604. The van der Waals surface area contributed by atoms with Crippen LogP contribution in [-0.4, -0.2) is 33.9 Å². The van der Waals surface area contributed by atoms with Crippen molar-refractivity contribution in [1.29, 1.82) is 0 Å². The third-order valence-electron chi connectivity index (χ3n) is 1.17. The van der Waals surface area contributed by atoms with Gasteiger partial charge in [0.2, 0.25) is 9.84 Å². The molecule has 1 aliphatic heterocycles. The van der Waals surface area contributed by atoms with Gasteiger partial charge in [0, 0.05) is 12.5 Å². The highest BCUT2D eigenvalue weighted by molar-refractivity contribution is 8.11. The first-order valence-corrected chi connectivity index (χ1v) is 6.58. The van der Waals surface area contributed by atoms with E-state index < -0.39 is 25.4 Å². The second-order valence-corrected chi connectivity index (χ2v) is 6.40. The van der Waals surface area contributed by atoms with Gasteiger partial charge in [0.05, 0.1) is 5.41 Å². The Kier molecular flexibility index (Phi) is 2.09. The van der Waals surface area contributed by atoms with Crippen LogP contribution in [0.2, 0.25) is 0 Å². The average Bonchev–Trinajstić information content (AvgIpc) is 2.07. The summed E-state index contributed by atoms with van der Waals surface area (Å²) in [7, 11) is -6.86. The zero-order chi connectivity index (χ0) is 9.41. The Balaban J connectivity index is 2.98. The fraction of sp³-hybridized carbons (Fsp3) is 0.400. The normalized spacial score (nSPS) is 20.9. The molecule has 68 valence electrons. The smallest absolute Gasteiger partial charge is 0.215 e. The summed E-state index contributed by atoms with van der Waals surface area (Å²) in [4.78, 5) is 3.44. The second kappa shape index (κ2) is 2.67. The van der Waals surface area contributed by atoms with Crippen molar-refractivity contribution in [3.8, 4) is 0 Å². The van der Waals surface area contributed by atoms with Crippen LogP contribution in [0.4, 0.5) is 0 Å². The molecule has 1 aliphatic rings. The van der Waals surface area contributed by atoms with Gasteiger partial charge in [0.25, 0.3) is 0 Å². The van der Waals surface area contributed by atoms with Crippen molar-refractivity contribution in [3.05, 3.63) is 11.6 Å². The van der Waals surface area contributed by atoms with Gasteiger partial charge in [-0.2, -0.15) is 0 Å². The predicted octanol–water partition coefficient (Wildman–Crippen LogP) is -0.671. The van der Waals surface area contributed by atoms with E-state index in [1.807, 2.05) is 0 Å². The van der Waals surface area contributed by atoms with Gasteiger partial charge in [0.15, 0.2) is 14.9 Å². The third kappa shape index (κ3) is 2.15. The third-order valence-corrected chi connectivity index (χ3v) is 3.54. The summed E-state index contributed by atoms with van der Waals surface area (Å²) in [5.41, 5.74) is 0. The molecule has 0 radical (unpaired) electrons. The van der Waals surface area contributed by atoms with Gasteiger partial charge >= 0.3 is 0 Å². The molecule has 0 aliphatic carbocycles. The topological polar surface area (TPSA) is 80.6 Å². The van der Waals surface area contributed by atoms with Crippen molar-refractivity contribution in [2.45, 2.75) is 0 Å². The van der Waals surface area contributed by atoms with Crippen LogP contribution in [0.3, 0.4) is 0 Å². The zero-order valence-electron chi connectivity index (χ0n) is 6.26. The highest BCUT2D eigenvalue weighted by Gasteiger charge is 2.23. The van der Waals surface area contributed by atoms with Crippen LogP contribution in [0.5, 0.6) is 0 Å². The monoisotopic (exact) mass is 209 g/mol. The molecular weight excluding hydrogens is 202 g/mol. The first-order valence-electron chi connectivity index (χ1n) is 2.97. The van der Waals surface area contributed by atoms with Crippen LogP contribution in [-0.2, 0) is 19.7 Å². The van der Waals surface area contributed by atoms with Gasteiger partial charge in [-0.05, 0) is 0 Å². The van der Waals surface area contributed by atoms with Crippen LogP contribution in [0.25, 0.3) is 0 Å². The minimum absolute atomic E-state index is 0.301. The van der Waals surface area contributed by atoms with E-state index in [1.165, 1.54) is 0 Å². The molecule has 5 nitrogen and oxygen atoms in total. The van der Waals surface area contributed by atoms with Gasteiger partial charge < -0.3 is 0 Å². The molecule has 7 heteroatoms. The lowest BCUT2D eigenvalue weighted by Gasteiger charge is -1.96. The van der Waals surface area contributed by atoms with E-state index in [9.17, 15) is 16.8 Å². The van der Waals surface area contributed by atoms with E-state index in [0.717, 1.165) is 17.9 Å². The second-order valence-electron chi connectivity index (χ2n) is 2.42. The number of aliphatic imine (C=N–C) groups is 1. The van der Waals surface area contributed by atoms with Gasteiger partial charge in [-0.15, -0.1) is 0 Å². The molecule has 0 saturated heterocycles. The first kappa shape index (κ1) is 9.40. The minimum atomic E-state index is -3.53. The fourth-order valence-electron chi connectivity index (χ4n) is 0.689. The van der Waals surface area contributed by atoms with Crippen molar-refractivity contribution in [3.63, 3.8) is 0 Å². The maximum Gasteiger partial charge on any atom is 0.215 e. The lowest BCUT2D eigenvalue weighted by molar-refractivity contribution is 0.603. The van der Waals surface area contributed by atoms with E-state index in [-0.39, 0.29) is 5.04 Å². The molecule has 12 heavy (non-hydrogen) atoms. The molecule has 0 atom stereocenters. The summed E-state index contributed by atoms with van der Waals surface area (Å²) >= 11 is 0. The first-order chi connectivity index (χ1) is 5.31. The Hall–Kier alpha value is -0.690. The van der Waals surface area contributed by atoms with Crippen LogP contribution >= 0.6 is 0 Å². The van der Waals surface area contributed by atoms with Crippen molar-refractivity contribution in [1.82, 2.24) is 0 Å². The van der Waals surface area contributed by atoms with E-state index in [4.69, 9.17) is 0 Å². The van der Waals surface area contributed by atoms with E-state index in [1.54, 1.807) is 0 Å². The lowest BCUT2D eigenvalue weighted by Crippen LogP contribution is -2.19. The summed E-state index contributed by atoms with van der Waals surface area (Å²) in [5, 5.41) is 0.582. The highest BCUT2D eigenvalue weighted by atomic mass is 32.2. The summed E-state index contributed by atoms with van der Waals surface area (Å²) < 4.78 is 43.3. The number of nitrogens with zero attached hydrogens (tertiary/aromatic N) is 1. The lowest BCUT2D eigenvalue weighted by atomic mass is 10.8. The Morgan fingerprint density at radius 3 is 2.42 bits per heavy atom. The summed E-state index contributed by atoms with van der Waals surface area (Å²) in [6.45, 7) is 0. The Morgan fingerprint density at radius 2 is 2.08 bits per heavy atom. The van der Waals surface area contributed by atoms with Crippen LogP contribution in [0, 0.1) is 0 Å². The van der Waals surface area contributed by atoms with Crippen LogP contribution in [0.15, 0.2) is 16.6 Å². The molecule has 1 heterocycles. The molecule has 0 aromatic carbocycles. The molecule has 0 saturated carbocycles. The zero-order valence-corrected chi connectivity index (χ0v) is 7.89. The molecule has 0 amide bonds. The molecular formula is C5H7NO4S2.